The third-order valence-electron chi connectivity index (χ3n) is 4.48. The number of nitrogens with one attached hydrogen (secondary N) is 2. The van der Waals surface area contributed by atoms with E-state index >= 15 is 0 Å². The second-order valence-corrected chi connectivity index (χ2v) is 6.11. The Morgan fingerprint density at radius 3 is 3.23 bits per heavy atom. The van der Waals surface area contributed by atoms with Crippen LogP contribution in [0.25, 0.3) is 5.65 Å². The largest absolute Gasteiger partial charge is 0.349 e. The molecule has 3 heterocycles. The number of hydrogen-bond acceptors (Lipinski definition) is 4. The number of hydrogen-bond donors (Lipinski definition) is 2. The fraction of sp³-hybridized carbons (Fsp3) is 0.562. The van der Waals surface area contributed by atoms with Gasteiger partial charge in [0.05, 0.1) is 6.54 Å². The number of carbonyl (C=O) groups excluding carboxylic acids is 1. The van der Waals surface area contributed by atoms with Crippen LogP contribution >= 0.6 is 0 Å². The van der Waals surface area contributed by atoms with E-state index in [1.807, 2.05) is 28.8 Å². The number of aromatic nitrogens is 3. The van der Waals surface area contributed by atoms with Crippen molar-refractivity contribution in [3.63, 3.8) is 0 Å². The van der Waals surface area contributed by atoms with Gasteiger partial charge >= 0.3 is 0 Å². The van der Waals surface area contributed by atoms with Gasteiger partial charge in [-0.2, -0.15) is 0 Å². The molecule has 22 heavy (non-hydrogen) atoms. The quantitative estimate of drug-likeness (QED) is 0.875. The van der Waals surface area contributed by atoms with Crippen molar-refractivity contribution < 1.29 is 4.79 Å². The summed E-state index contributed by atoms with van der Waals surface area (Å²) < 4.78 is 1.90. The Bertz CT molecular complexity index is 632. The SMILES string of the molecule is CC(CC(=O)NCc1nnc2ccccn12)C1CCCNC1. The van der Waals surface area contributed by atoms with Gasteiger partial charge in [-0.1, -0.05) is 13.0 Å². The topological polar surface area (TPSA) is 71.3 Å². The molecule has 2 aromatic heterocycles. The molecule has 1 aliphatic rings. The fourth-order valence-corrected chi connectivity index (χ4v) is 3.08. The van der Waals surface area contributed by atoms with Crippen molar-refractivity contribution in [2.45, 2.75) is 32.7 Å². The molecule has 1 amide bonds. The molecule has 3 rings (SSSR count). The van der Waals surface area contributed by atoms with Gasteiger partial charge in [-0.05, 0) is 49.9 Å². The minimum atomic E-state index is 0.0887. The number of carbonyl (C=O) groups is 1. The highest BCUT2D eigenvalue weighted by molar-refractivity contribution is 5.76. The lowest BCUT2D eigenvalue weighted by atomic mass is 9.85. The number of rotatable bonds is 5. The second kappa shape index (κ2) is 6.87. The number of pyridine rings is 1. The van der Waals surface area contributed by atoms with Gasteiger partial charge < -0.3 is 10.6 Å². The van der Waals surface area contributed by atoms with Gasteiger partial charge in [0.25, 0.3) is 0 Å². The summed E-state index contributed by atoms with van der Waals surface area (Å²) in [5.41, 5.74) is 0.799. The predicted molar refractivity (Wildman–Crippen MR) is 84.2 cm³/mol. The van der Waals surface area contributed by atoms with Gasteiger partial charge in [-0.15, -0.1) is 10.2 Å². The summed E-state index contributed by atoms with van der Waals surface area (Å²) in [7, 11) is 0. The van der Waals surface area contributed by atoms with Crippen molar-refractivity contribution in [2.75, 3.05) is 13.1 Å². The number of fused-ring (bicyclic) bond motifs is 1. The zero-order valence-corrected chi connectivity index (χ0v) is 13.0. The molecule has 0 spiro atoms. The molecule has 0 aliphatic carbocycles. The summed E-state index contributed by atoms with van der Waals surface area (Å²) in [5.74, 6) is 1.86. The third kappa shape index (κ3) is 3.44. The van der Waals surface area contributed by atoms with E-state index in [9.17, 15) is 4.79 Å². The molecule has 118 valence electrons. The van der Waals surface area contributed by atoms with Crippen molar-refractivity contribution >= 4 is 11.6 Å². The average Bonchev–Trinajstić information content (AvgIpc) is 2.97. The van der Waals surface area contributed by atoms with Gasteiger partial charge in [0.15, 0.2) is 11.5 Å². The van der Waals surface area contributed by atoms with Crippen molar-refractivity contribution in [2.24, 2.45) is 11.8 Å². The van der Waals surface area contributed by atoms with Crippen LogP contribution in [-0.2, 0) is 11.3 Å². The lowest BCUT2D eigenvalue weighted by molar-refractivity contribution is -0.122. The van der Waals surface area contributed by atoms with Crippen molar-refractivity contribution in [1.29, 1.82) is 0 Å². The van der Waals surface area contributed by atoms with E-state index in [0.717, 1.165) is 24.6 Å². The maximum absolute atomic E-state index is 12.1. The predicted octanol–water partition coefficient (Wildman–Crippen LogP) is 1.37. The Labute approximate surface area is 130 Å². The van der Waals surface area contributed by atoms with E-state index in [1.165, 1.54) is 12.8 Å². The molecule has 2 atom stereocenters. The Morgan fingerprint density at radius 1 is 1.50 bits per heavy atom. The van der Waals surface area contributed by atoms with Crippen molar-refractivity contribution in [1.82, 2.24) is 25.2 Å². The molecule has 6 heteroatoms. The zero-order valence-electron chi connectivity index (χ0n) is 13.0. The maximum atomic E-state index is 12.1. The van der Waals surface area contributed by atoms with Crippen LogP contribution in [0.1, 0.15) is 32.0 Å². The van der Waals surface area contributed by atoms with Crippen LogP contribution in [0.2, 0.25) is 0 Å². The fourth-order valence-electron chi connectivity index (χ4n) is 3.08. The summed E-state index contributed by atoms with van der Waals surface area (Å²) in [5, 5.41) is 14.6. The molecule has 2 N–H and O–H groups in total. The summed E-state index contributed by atoms with van der Waals surface area (Å²) in [4.78, 5) is 12.1. The summed E-state index contributed by atoms with van der Waals surface area (Å²) >= 11 is 0. The lowest BCUT2D eigenvalue weighted by Gasteiger charge is -2.27. The summed E-state index contributed by atoms with van der Waals surface area (Å²) in [6.07, 6.45) is 4.91. The third-order valence-corrected chi connectivity index (χ3v) is 4.48. The minimum Gasteiger partial charge on any atom is -0.349 e. The normalized spacial score (nSPS) is 20.0. The first-order valence-corrected chi connectivity index (χ1v) is 8.00. The van der Waals surface area contributed by atoms with E-state index in [-0.39, 0.29) is 5.91 Å². The molecule has 0 saturated carbocycles. The molecule has 0 aromatic carbocycles. The molecule has 1 saturated heterocycles. The van der Waals surface area contributed by atoms with Gasteiger partial charge in [-0.3, -0.25) is 9.20 Å². The molecule has 0 radical (unpaired) electrons. The van der Waals surface area contributed by atoms with Crippen LogP contribution in [0.15, 0.2) is 24.4 Å². The molecule has 1 aliphatic heterocycles. The molecular weight excluding hydrogens is 278 g/mol. The highest BCUT2D eigenvalue weighted by Crippen LogP contribution is 2.22. The van der Waals surface area contributed by atoms with Crippen molar-refractivity contribution in [3.8, 4) is 0 Å². The maximum Gasteiger partial charge on any atom is 0.220 e. The van der Waals surface area contributed by atoms with E-state index in [4.69, 9.17) is 0 Å². The lowest BCUT2D eigenvalue weighted by Crippen LogP contribution is -2.35. The van der Waals surface area contributed by atoms with Crippen molar-refractivity contribution in [3.05, 3.63) is 30.2 Å². The van der Waals surface area contributed by atoms with Crippen LogP contribution in [0.5, 0.6) is 0 Å². The van der Waals surface area contributed by atoms with Gasteiger partial charge in [0, 0.05) is 12.6 Å². The smallest absolute Gasteiger partial charge is 0.220 e. The minimum absolute atomic E-state index is 0.0887. The highest BCUT2D eigenvalue weighted by Gasteiger charge is 2.22. The molecule has 6 nitrogen and oxygen atoms in total. The van der Waals surface area contributed by atoms with Gasteiger partial charge in [-0.25, -0.2) is 0 Å². The van der Waals surface area contributed by atoms with Crippen LogP contribution in [0.4, 0.5) is 0 Å². The van der Waals surface area contributed by atoms with Crippen LogP contribution < -0.4 is 10.6 Å². The first-order chi connectivity index (χ1) is 10.7. The Balaban J connectivity index is 1.51. The van der Waals surface area contributed by atoms with Crippen LogP contribution in [-0.4, -0.2) is 33.6 Å². The first kappa shape index (κ1) is 15.0. The molecule has 0 bridgehead atoms. The molecule has 2 aromatic rings. The monoisotopic (exact) mass is 301 g/mol. The van der Waals surface area contributed by atoms with E-state index < -0.39 is 0 Å². The molecule has 2 unspecified atom stereocenters. The zero-order chi connectivity index (χ0) is 15.4. The van der Waals surface area contributed by atoms with Gasteiger partial charge in [0.2, 0.25) is 5.91 Å². The first-order valence-electron chi connectivity index (χ1n) is 8.00. The number of amides is 1. The summed E-state index contributed by atoms with van der Waals surface area (Å²) in [6, 6.07) is 5.75. The Kier molecular flexibility index (Phi) is 4.68. The van der Waals surface area contributed by atoms with E-state index in [2.05, 4.69) is 27.8 Å². The Morgan fingerprint density at radius 2 is 2.41 bits per heavy atom. The van der Waals surface area contributed by atoms with E-state index in [1.54, 1.807) is 0 Å². The number of piperidine rings is 1. The standard InChI is InChI=1S/C16H23N5O/c1-12(13-5-4-7-17-10-13)9-16(22)18-11-15-20-19-14-6-2-3-8-21(14)15/h2-3,6,8,12-13,17H,4-5,7,9-11H2,1H3,(H,18,22). The van der Waals surface area contributed by atoms with E-state index in [0.29, 0.717) is 24.8 Å². The molecular formula is C16H23N5O. The van der Waals surface area contributed by atoms with Crippen LogP contribution in [0, 0.1) is 11.8 Å². The average molecular weight is 301 g/mol. The number of nitrogens with zero attached hydrogens (tertiary/aromatic N) is 3. The highest BCUT2D eigenvalue weighted by atomic mass is 16.1. The Hall–Kier alpha value is -1.95. The molecule has 1 fully saturated rings. The van der Waals surface area contributed by atoms with Crippen LogP contribution in [0.3, 0.4) is 0 Å². The van der Waals surface area contributed by atoms with Gasteiger partial charge in [0.1, 0.15) is 0 Å². The second-order valence-electron chi connectivity index (χ2n) is 6.11. The summed E-state index contributed by atoms with van der Waals surface area (Å²) in [6.45, 7) is 4.72.